The van der Waals surface area contributed by atoms with Crippen molar-refractivity contribution in [1.29, 1.82) is 0 Å². The fourth-order valence-electron chi connectivity index (χ4n) is 0.978. The molecule has 3 N–H and O–H groups in total. The normalized spacial score (nSPS) is 11.6. The Bertz CT molecular complexity index is 512. The highest BCUT2D eigenvalue weighted by Gasteiger charge is 2.29. The number of carbonyl (C=O) groups is 1. The summed E-state index contributed by atoms with van der Waals surface area (Å²) in [4.78, 5) is 11.5. The molecule has 0 spiro atoms. The quantitative estimate of drug-likeness (QED) is 0.835. The van der Waals surface area contributed by atoms with Crippen LogP contribution in [0, 0.1) is 12.3 Å². The molecule has 0 aliphatic rings. The van der Waals surface area contributed by atoms with E-state index in [0.717, 1.165) is 5.56 Å². The van der Waals surface area contributed by atoms with E-state index in [1.807, 2.05) is 6.92 Å². The topological polar surface area (TPSA) is 95.4 Å². The standard InChI is InChI=1S/C12H16O4S.H3N/c1-9-5-7-10(8-6-9)17(14,15)16-11(13)12(2,3)4;/h5-8H,1-4H3;1H3. The fourth-order valence-corrected chi connectivity index (χ4v) is 1.99. The van der Waals surface area contributed by atoms with Crippen LogP contribution >= 0.6 is 0 Å². The molecular weight excluding hydrogens is 254 g/mol. The van der Waals surface area contributed by atoms with Crippen molar-refractivity contribution in [1.82, 2.24) is 6.15 Å². The van der Waals surface area contributed by atoms with Crippen LogP contribution in [0.1, 0.15) is 26.3 Å². The van der Waals surface area contributed by atoms with Crippen molar-refractivity contribution < 1.29 is 17.4 Å². The van der Waals surface area contributed by atoms with E-state index in [0.29, 0.717) is 0 Å². The van der Waals surface area contributed by atoms with Crippen LogP contribution in [0.5, 0.6) is 0 Å². The smallest absolute Gasteiger partial charge is 0.341 e. The van der Waals surface area contributed by atoms with E-state index in [2.05, 4.69) is 4.18 Å². The highest BCUT2D eigenvalue weighted by atomic mass is 32.2. The minimum atomic E-state index is -4.01. The van der Waals surface area contributed by atoms with Gasteiger partial charge in [0, 0.05) is 0 Å². The Labute approximate surface area is 108 Å². The summed E-state index contributed by atoms with van der Waals surface area (Å²) in [6, 6.07) is 6.14. The zero-order chi connectivity index (χ0) is 13.3. The van der Waals surface area contributed by atoms with E-state index in [9.17, 15) is 13.2 Å². The Hall–Kier alpha value is -1.40. The van der Waals surface area contributed by atoms with E-state index in [-0.39, 0.29) is 11.0 Å². The molecule has 0 saturated heterocycles. The van der Waals surface area contributed by atoms with Gasteiger partial charge in [-0.25, -0.2) is 0 Å². The van der Waals surface area contributed by atoms with Crippen molar-refractivity contribution in [2.24, 2.45) is 5.41 Å². The molecule has 0 saturated carbocycles. The van der Waals surface area contributed by atoms with Crippen LogP contribution in [0.4, 0.5) is 0 Å². The summed E-state index contributed by atoms with van der Waals surface area (Å²) in [7, 11) is -4.01. The summed E-state index contributed by atoms with van der Waals surface area (Å²) >= 11 is 0. The molecule has 0 aliphatic carbocycles. The van der Waals surface area contributed by atoms with Crippen LogP contribution in [0.25, 0.3) is 0 Å². The largest absolute Gasteiger partial charge is 0.344 e. The van der Waals surface area contributed by atoms with Crippen molar-refractivity contribution in [2.45, 2.75) is 32.6 Å². The van der Waals surface area contributed by atoms with Gasteiger partial charge in [0.05, 0.1) is 5.41 Å². The maximum atomic E-state index is 11.8. The summed E-state index contributed by atoms with van der Waals surface area (Å²) in [5.74, 6) is -0.766. The van der Waals surface area contributed by atoms with Crippen molar-refractivity contribution in [3.8, 4) is 0 Å². The third-order valence-electron chi connectivity index (χ3n) is 2.11. The van der Waals surface area contributed by atoms with E-state index >= 15 is 0 Å². The molecular formula is C12H19NO4S. The molecule has 1 rings (SSSR count). The molecule has 6 heteroatoms. The lowest BCUT2D eigenvalue weighted by Crippen LogP contribution is -2.26. The van der Waals surface area contributed by atoms with Gasteiger partial charge in [0.25, 0.3) is 0 Å². The van der Waals surface area contributed by atoms with Crippen LogP contribution in [0.15, 0.2) is 29.2 Å². The van der Waals surface area contributed by atoms with Crippen LogP contribution < -0.4 is 6.15 Å². The average Bonchev–Trinajstić information content (AvgIpc) is 2.16. The number of benzene rings is 1. The van der Waals surface area contributed by atoms with Gasteiger partial charge >= 0.3 is 16.1 Å². The molecule has 5 nitrogen and oxygen atoms in total. The lowest BCUT2D eigenvalue weighted by atomic mass is 9.98. The molecule has 0 fully saturated rings. The SMILES string of the molecule is Cc1ccc(S(=O)(=O)OC(=O)C(C)(C)C)cc1.N. The number of hydrogen-bond acceptors (Lipinski definition) is 5. The van der Waals surface area contributed by atoms with Gasteiger partial charge in [-0.15, -0.1) is 0 Å². The molecule has 0 aliphatic heterocycles. The van der Waals surface area contributed by atoms with E-state index < -0.39 is 21.5 Å². The highest BCUT2D eigenvalue weighted by Crippen LogP contribution is 2.20. The summed E-state index contributed by atoms with van der Waals surface area (Å²) in [6.07, 6.45) is 0. The summed E-state index contributed by atoms with van der Waals surface area (Å²) in [6.45, 7) is 6.64. The first-order valence-corrected chi connectivity index (χ1v) is 6.59. The van der Waals surface area contributed by atoms with E-state index in [1.165, 1.54) is 12.1 Å². The second-order valence-corrected chi connectivity index (χ2v) is 6.43. The molecule has 102 valence electrons. The van der Waals surface area contributed by atoms with Crippen molar-refractivity contribution in [3.05, 3.63) is 29.8 Å². The molecule has 18 heavy (non-hydrogen) atoms. The first-order valence-electron chi connectivity index (χ1n) is 5.18. The van der Waals surface area contributed by atoms with Gasteiger partial charge in [0.15, 0.2) is 0 Å². The van der Waals surface area contributed by atoms with Crippen molar-refractivity contribution >= 4 is 16.1 Å². The lowest BCUT2D eigenvalue weighted by molar-refractivity contribution is -0.142. The highest BCUT2D eigenvalue weighted by molar-refractivity contribution is 7.87. The number of carbonyl (C=O) groups excluding carboxylic acids is 1. The second-order valence-electron chi connectivity index (χ2n) is 4.89. The lowest BCUT2D eigenvalue weighted by Gasteiger charge is -2.16. The Morgan fingerprint density at radius 2 is 1.56 bits per heavy atom. The maximum absolute atomic E-state index is 11.8. The average molecular weight is 273 g/mol. The molecule has 0 atom stereocenters. The number of aryl methyl sites for hydroxylation is 1. The molecule has 0 heterocycles. The molecule has 0 amide bonds. The Morgan fingerprint density at radius 3 is 1.94 bits per heavy atom. The zero-order valence-corrected chi connectivity index (χ0v) is 11.9. The van der Waals surface area contributed by atoms with Gasteiger partial charge in [0.1, 0.15) is 4.90 Å². The van der Waals surface area contributed by atoms with Gasteiger partial charge in [-0.3, -0.25) is 4.79 Å². The van der Waals surface area contributed by atoms with E-state index in [1.54, 1.807) is 32.9 Å². The predicted octanol–water partition coefficient (Wildman–Crippen LogP) is 2.44. The first-order chi connectivity index (χ1) is 7.63. The van der Waals surface area contributed by atoms with Gasteiger partial charge in [-0.1, -0.05) is 17.7 Å². The molecule has 0 radical (unpaired) electrons. The summed E-state index contributed by atoms with van der Waals surface area (Å²) in [5.41, 5.74) is 0.0868. The fraction of sp³-hybridized carbons (Fsp3) is 0.417. The molecule has 1 aromatic carbocycles. The first kappa shape index (κ1) is 16.6. The van der Waals surface area contributed by atoms with Gasteiger partial charge in [-0.2, -0.15) is 8.42 Å². The summed E-state index contributed by atoms with van der Waals surface area (Å²) in [5, 5.41) is 0. The molecule has 0 bridgehead atoms. The third kappa shape index (κ3) is 4.12. The van der Waals surface area contributed by atoms with Crippen LogP contribution in [0.2, 0.25) is 0 Å². The van der Waals surface area contributed by atoms with Crippen LogP contribution in [0.3, 0.4) is 0 Å². The minimum absolute atomic E-state index is 0. The summed E-state index contributed by atoms with van der Waals surface area (Å²) < 4.78 is 28.1. The maximum Gasteiger partial charge on any atom is 0.341 e. The van der Waals surface area contributed by atoms with Crippen molar-refractivity contribution in [3.63, 3.8) is 0 Å². The molecule has 0 aromatic heterocycles. The van der Waals surface area contributed by atoms with Gasteiger partial charge in [-0.05, 0) is 39.8 Å². The van der Waals surface area contributed by atoms with Crippen LogP contribution in [-0.2, 0) is 19.1 Å². The third-order valence-corrected chi connectivity index (χ3v) is 3.33. The van der Waals surface area contributed by atoms with Crippen LogP contribution in [-0.4, -0.2) is 14.4 Å². The van der Waals surface area contributed by atoms with E-state index in [4.69, 9.17) is 0 Å². The monoisotopic (exact) mass is 273 g/mol. The Morgan fingerprint density at radius 1 is 1.11 bits per heavy atom. The molecule has 1 aromatic rings. The Balaban J connectivity index is 0.00000289. The van der Waals surface area contributed by atoms with Gasteiger partial charge < -0.3 is 10.3 Å². The number of rotatable bonds is 2. The molecule has 0 unspecified atom stereocenters. The van der Waals surface area contributed by atoms with Crippen molar-refractivity contribution in [2.75, 3.05) is 0 Å². The number of hydrogen-bond donors (Lipinski definition) is 1. The second kappa shape index (κ2) is 5.49. The zero-order valence-electron chi connectivity index (χ0n) is 11.1. The van der Waals surface area contributed by atoms with Gasteiger partial charge in [0.2, 0.25) is 0 Å². The minimum Gasteiger partial charge on any atom is -0.344 e. The Kier molecular flexibility index (Phi) is 5.07. The predicted molar refractivity (Wildman–Crippen MR) is 68.9 cm³/mol.